The lowest BCUT2D eigenvalue weighted by molar-refractivity contribution is -0.189. The van der Waals surface area contributed by atoms with Crippen molar-refractivity contribution in [2.45, 2.75) is 44.1 Å². The first-order valence-corrected chi connectivity index (χ1v) is 11.4. The van der Waals surface area contributed by atoms with Crippen LogP contribution in [0.3, 0.4) is 0 Å². The van der Waals surface area contributed by atoms with E-state index in [9.17, 15) is 22.8 Å². The van der Waals surface area contributed by atoms with Crippen molar-refractivity contribution in [3.05, 3.63) is 52.9 Å². The molecule has 13 heteroatoms. The first kappa shape index (κ1) is 25.7. The fourth-order valence-corrected chi connectivity index (χ4v) is 4.42. The van der Waals surface area contributed by atoms with E-state index < -0.39 is 24.2 Å². The Bertz CT molecular complexity index is 1280. The third kappa shape index (κ3) is 5.09. The summed E-state index contributed by atoms with van der Waals surface area (Å²) >= 11 is 6.02. The van der Waals surface area contributed by atoms with Crippen LogP contribution in [0.1, 0.15) is 43.0 Å². The summed E-state index contributed by atoms with van der Waals surface area (Å²) in [6.07, 6.45) is -1.74. The topological polar surface area (TPSA) is 101 Å². The highest BCUT2D eigenvalue weighted by Gasteiger charge is 2.46. The second-order valence-electron chi connectivity index (χ2n) is 8.48. The molecule has 3 heterocycles. The molecule has 1 aromatic carbocycles. The van der Waals surface area contributed by atoms with Gasteiger partial charge in [-0.05, 0) is 31.0 Å². The zero-order valence-corrected chi connectivity index (χ0v) is 20.4. The molecule has 36 heavy (non-hydrogen) atoms. The van der Waals surface area contributed by atoms with Gasteiger partial charge in [-0.1, -0.05) is 23.7 Å². The molecule has 192 valence electrons. The molecule has 2 N–H and O–H groups in total. The maximum Gasteiger partial charge on any atom is 0.413 e. The summed E-state index contributed by atoms with van der Waals surface area (Å²) in [6.45, 7) is 1.82. The average molecular weight is 525 g/mol. The van der Waals surface area contributed by atoms with E-state index in [1.165, 1.54) is 35.9 Å². The largest absolute Gasteiger partial charge is 0.413 e. The van der Waals surface area contributed by atoms with Crippen molar-refractivity contribution in [3.63, 3.8) is 0 Å². The van der Waals surface area contributed by atoms with E-state index in [0.29, 0.717) is 27.5 Å². The standard InChI is InChI=1S/C23H24ClF3N6O3/c1-12(36-3)19-16(10-28-33-11-17(24)31-21(19)33)29-14-6-4-13(5-7-14)20(23(25,26)27)32(2)22(35)15-8-9-18(34)30-15/h4-7,10-12,15,20,29H,8-9H2,1-3H3,(H,30,34)/t12-,15+,20-/m0/s1. The van der Waals surface area contributed by atoms with Crippen LogP contribution in [0.25, 0.3) is 5.65 Å². The highest BCUT2D eigenvalue weighted by atomic mass is 35.5. The number of nitrogens with zero attached hydrogens (tertiary/aromatic N) is 4. The van der Waals surface area contributed by atoms with Gasteiger partial charge < -0.3 is 20.3 Å². The van der Waals surface area contributed by atoms with E-state index in [4.69, 9.17) is 16.3 Å². The van der Waals surface area contributed by atoms with E-state index in [0.717, 1.165) is 7.05 Å². The zero-order valence-electron chi connectivity index (χ0n) is 19.6. The van der Waals surface area contributed by atoms with Crippen LogP contribution in [0.15, 0.2) is 36.7 Å². The molecule has 0 aliphatic carbocycles. The summed E-state index contributed by atoms with van der Waals surface area (Å²) in [6, 6.07) is 2.42. The summed E-state index contributed by atoms with van der Waals surface area (Å²) in [5.41, 5.74) is 2.06. The first-order chi connectivity index (χ1) is 17.0. The van der Waals surface area contributed by atoms with Gasteiger partial charge in [0.25, 0.3) is 0 Å². The molecule has 4 rings (SSSR count). The van der Waals surface area contributed by atoms with Crippen LogP contribution in [0.5, 0.6) is 0 Å². The van der Waals surface area contributed by atoms with E-state index in [-0.39, 0.29) is 35.6 Å². The molecular formula is C23H24ClF3N6O3. The lowest BCUT2D eigenvalue weighted by atomic mass is 10.0. The Kier molecular flexibility index (Phi) is 7.10. The van der Waals surface area contributed by atoms with Gasteiger partial charge in [0.2, 0.25) is 11.8 Å². The van der Waals surface area contributed by atoms with E-state index in [2.05, 4.69) is 20.7 Å². The highest BCUT2D eigenvalue weighted by Crippen LogP contribution is 2.38. The van der Waals surface area contributed by atoms with Crippen molar-refractivity contribution in [3.8, 4) is 0 Å². The molecule has 0 unspecified atom stereocenters. The minimum Gasteiger partial charge on any atom is -0.377 e. The summed E-state index contributed by atoms with van der Waals surface area (Å²) in [4.78, 5) is 29.0. The second kappa shape index (κ2) is 9.94. The molecule has 0 bridgehead atoms. The van der Waals surface area contributed by atoms with Gasteiger partial charge >= 0.3 is 6.18 Å². The number of hydrogen-bond acceptors (Lipinski definition) is 6. The summed E-state index contributed by atoms with van der Waals surface area (Å²) in [5.74, 6) is -1.14. The predicted molar refractivity (Wildman–Crippen MR) is 126 cm³/mol. The van der Waals surface area contributed by atoms with Gasteiger partial charge in [-0.2, -0.15) is 18.3 Å². The van der Waals surface area contributed by atoms with Crippen LogP contribution in [0.2, 0.25) is 5.15 Å². The number of methoxy groups -OCH3 is 1. The number of amides is 2. The first-order valence-electron chi connectivity index (χ1n) is 11.1. The number of nitrogens with one attached hydrogen (secondary N) is 2. The summed E-state index contributed by atoms with van der Waals surface area (Å²) in [5, 5.41) is 10.1. The molecule has 0 radical (unpaired) electrons. The Morgan fingerprint density at radius 2 is 2.03 bits per heavy atom. The fraction of sp³-hybridized carbons (Fsp3) is 0.391. The number of carbonyl (C=O) groups is 2. The number of rotatable bonds is 7. The number of carbonyl (C=O) groups excluding carboxylic acids is 2. The monoisotopic (exact) mass is 524 g/mol. The SMILES string of the molecule is CO[C@@H](C)c1c(Nc2ccc([C@H](N(C)C(=O)[C@H]3CCC(=O)N3)C(F)(F)F)cc2)cnn2cc(Cl)nc12. The van der Waals surface area contributed by atoms with Crippen LogP contribution in [-0.4, -0.2) is 57.7 Å². The van der Waals surface area contributed by atoms with Crippen molar-refractivity contribution in [2.24, 2.45) is 0 Å². The number of halogens is 4. The molecule has 2 aromatic heterocycles. The number of alkyl halides is 3. The van der Waals surface area contributed by atoms with Crippen LogP contribution in [0, 0.1) is 0 Å². The average Bonchev–Trinajstić information content (AvgIpc) is 3.42. The fourth-order valence-electron chi connectivity index (χ4n) is 4.25. The normalized spacial score (nSPS) is 17.6. The Hall–Kier alpha value is -3.38. The third-order valence-electron chi connectivity index (χ3n) is 6.10. The zero-order chi connectivity index (χ0) is 26.2. The lowest BCUT2D eigenvalue weighted by Gasteiger charge is -2.32. The van der Waals surface area contributed by atoms with Crippen LogP contribution in [0.4, 0.5) is 24.5 Å². The minimum atomic E-state index is -4.72. The number of fused-ring (bicyclic) bond motifs is 1. The molecule has 1 aliphatic heterocycles. The molecule has 3 aromatic rings. The van der Waals surface area contributed by atoms with Gasteiger partial charge in [-0.25, -0.2) is 9.50 Å². The van der Waals surface area contributed by atoms with E-state index in [1.807, 2.05) is 6.92 Å². The van der Waals surface area contributed by atoms with Crippen molar-refractivity contribution < 1.29 is 27.5 Å². The van der Waals surface area contributed by atoms with Crippen molar-refractivity contribution in [1.82, 2.24) is 24.8 Å². The van der Waals surface area contributed by atoms with Gasteiger partial charge in [0.05, 0.1) is 29.7 Å². The number of benzene rings is 1. The van der Waals surface area contributed by atoms with Gasteiger partial charge in [0, 0.05) is 26.3 Å². The van der Waals surface area contributed by atoms with Gasteiger partial charge in [-0.3, -0.25) is 9.59 Å². The van der Waals surface area contributed by atoms with Crippen LogP contribution < -0.4 is 10.6 Å². The number of ether oxygens (including phenoxy) is 1. The van der Waals surface area contributed by atoms with Crippen LogP contribution in [-0.2, 0) is 14.3 Å². The Morgan fingerprint density at radius 3 is 2.61 bits per heavy atom. The third-order valence-corrected chi connectivity index (χ3v) is 6.29. The van der Waals surface area contributed by atoms with Crippen LogP contribution >= 0.6 is 11.6 Å². The second-order valence-corrected chi connectivity index (χ2v) is 8.87. The summed E-state index contributed by atoms with van der Waals surface area (Å²) in [7, 11) is 2.63. The number of imidazole rings is 1. The molecular weight excluding hydrogens is 501 g/mol. The van der Waals surface area contributed by atoms with Gasteiger partial charge in [0.1, 0.15) is 11.2 Å². The molecule has 1 fully saturated rings. The number of anilines is 2. The Labute approximate surface area is 209 Å². The molecule has 0 saturated carbocycles. The smallest absolute Gasteiger partial charge is 0.377 e. The molecule has 1 aliphatic rings. The molecule has 9 nitrogen and oxygen atoms in total. The highest BCUT2D eigenvalue weighted by molar-refractivity contribution is 6.29. The molecule has 0 spiro atoms. The quantitative estimate of drug-likeness (QED) is 0.481. The number of aromatic nitrogens is 3. The van der Waals surface area contributed by atoms with Gasteiger partial charge in [0.15, 0.2) is 11.7 Å². The van der Waals surface area contributed by atoms with E-state index >= 15 is 0 Å². The predicted octanol–water partition coefficient (Wildman–Crippen LogP) is 4.17. The molecule has 1 saturated heterocycles. The lowest BCUT2D eigenvalue weighted by Crippen LogP contribution is -2.47. The molecule has 2 amide bonds. The number of likely N-dealkylation sites (N-methyl/N-ethyl adjacent to an activating group) is 1. The van der Waals surface area contributed by atoms with E-state index in [1.54, 1.807) is 12.4 Å². The number of hydrogen-bond donors (Lipinski definition) is 2. The minimum absolute atomic E-state index is 0.108. The van der Waals surface area contributed by atoms with Crippen molar-refractivity contribution >= 4 is 40.4 Å². The molecule has 3 atom stereocenters. The maximum atomic E-state index is 14.0. The Balaban J connectivity index is 1.61. The Morgan fingerprint density at radius 1 is 1.33 bits per heavy atom. The van der Waals surface area contributed by atoms with Crippen molar-refractivity contribution in [2.75, 3.05) is 19.5 Å². The maximum absolute atomic E-state index is 14.0. The van der Waals surface area contributed by atoms with Gasteiger partial charge in [-0.15, -0.1) is 0 Å². The summed E-state index contributed by atoms with van der Waals surface area (Å²) < 4.78 is 49.0. The van der Waals surface area contributed by atoms with Crippen molar-refractivity contribution in [1.29, 1.82) is 0 Å².